The normalized spacial score (nSPS) is 12.9. The lowest BCUT2D eigenvalue weighted by Crippen LogP contribution is -2.17. The van der Waals surface area contributed by atoms with Gasteiger partial charge in [-0.3, -0.25) is 4.68 Å². The van der Waals surface area contributed by atoms with Crippen LogP contribution >= 0.6 is 0 Å². The predicted molar refractivity (Wildman–Crippen MR) is 57.5 cm³/mol. The highest BCUT2D eigenvalue weighted by Crippen LogP contribution is 2.10. The minimum absolute atomic E-state index is 0.209. The molecule has 6 heteroatoms. The summed E-state index contributed by atoms with van der Waals surface area (Å²) in [5.41, 5.74) is 1.14. The van der Waals surface area contributed by atoms with Crippen LogP contribution in [0.25, 0.3) is 0 Å². The molecular weight excluding hydrogens is 206 g/mol. The predicted octanol–water partition coefficient (Wildman–Crippen LogP) is 0.962. The minimum atomic E-state index is 0.209. The first-order valence-corrected chi connectivity index (χ1v) is 5.16. The third-order valence-electron chi connectivity index (χ3n) is 2.35. The average molecular weight is 221 g/mol. The van der Waals surface area contributed by atoms with Crippen LogP contribution in [0.5, 0.6) is 0 Å². The fourth-order valence-corrected chi connectivity index (χ4v) is 1.43. The molecule has 2 rings (SSSR count). The lowest BCUT2D eigenvalue weighted by atomic mass is 10.2. The number of hydrogen-bond donors (Lipinski definition) is 1. The molecule has 1 N–H and O–H groups in total. The molecule has 2 aromatic heterocycles. The third-order valence-corrected chi connectivity index (χ3v) is 2.35. The molecule has 2 aromatic rings. The molecule has 0 fully saturated rings. The van der Waals surface area contributed by atoms with Crippen molar-refractivity contribution in [1.29, 1.82) is 0 Å². The second-order valence-corrected chi connectivity index (χ2v) is 3.79. The summed E-state index contributed by atoms with van der Waals surface area (Å²) in [5, 5.41) is 11.1. The van der Waals surface area contributed by atoms with Gasteiger partial charge in [-0.2, -0.15) is 10.1 Å². The van der Waals surface area contributed by atoms with Crippen molar-refractivity contribution in [3.05, 3.63) is 29.7 Å². The summed E-state index contributed by atoms with van der Waals surface area (Å²) in [4.78, 5) is 4.12. The zero-order chi connectivity index (χ0) is 11.5. The smallest absolute Gasteiger partial charge is 0.240 e. The van der Waals surface area contributed by atoms with Crippen LogP contribution in [0.15, 0.2) is 16.9 Å². The molecule has 0 aromatic carbocycles. The van der Waals surface area contributed by atoms with Crippen molar-refractivity contribution in [1.82, 2.24) is 25.2 Å². The Labute approximate surface area is 93.7 Å². The van der Waals surface area contributed by atoms with E-state index in [1.54, 1.807) is 11.6 Å². The summed E-state index contributed by atoms with van der Waals surface area (Å²) in [6.45, 7) is 4.44. The van der Waals surface area contributed by atoms with Crippen LogP contribution in [-0.2, 0) is 13.6 Å². The van der Waals surface area contributed by atoms with Gasteiger partial charge in [-0.15, -0.1) is 0 Å². The summed E-state index contributed by atoms with van der Waals surface area (Å²) in [7, 11) is 1.90. The maximum absolute atomic E-state index is 5.01. The average Bonchev–Trinajstić information content (AvgIpc) is 2.84. The van der Waals surface area contributed by atoms with E-state index >= 15 is 0 Å². The fourth-order valence-electron chi connectivity index (χ4n) is 1.43. The van der Waals surface area contributed by atoms with E-state index < -0.39 is 0 Å². The van der Waals surface area contributed by atoms with Gasteiger partial charge < -0.3 is 9.84 Å². The molecule has 0 spiro atoms. The van der Waals surface area contributed by atoms with E-state index in [0.717, 1.165) is 5.56 Å². The molecule has 1 unspecified atom stereocenters. The second kappa shape index (κ2) is 4.44. The van der Waals surface area contributed by atoms with E-state index in [9.17, 15) is 0 Å². The van der Waals surface area contributed by atoms with E-state index in [4.69, 9.17) is 4.52 Å². The largest absolute Gasteiger partial charge is 0.338 e. The molecule has 0 bridgehead atoms. The molecule has 86 valence electrons. The fraction of sp³-hybridized carbons (Fsp3) is 0.500. The standard InChI is InChI=1S/C10H15N5O/c1-7(9-4-12-15(3)6-9)11-5-10-13-8(2)14-16-10/h4,6-7,11H,5H2,1-3H3. The molecule has 0 amide bonds. The Hall–Kier alpha value is -1.69. The Morgan fingerprint density at radius 2 is 2.38 bits per heavy atom. The Kier molecular flexibility index (Phi) is 3.00. The molecule has 0 radical (unpaired) electrons. The van der Waals surface area contributed by atoms with Crippen molar-refractivity contribution >= 4 is 0 Å². The number of aryl methyl sites for hydroxylation is 2. The van der Waals surface area contributed by atoms with Crippen molar-refractivity contribution in [3.8, 4) is 0 Å². The van der Waals surface area contributed by atoms with Gasteiger partial charge in [0.25, 0.3) is 0 Å². The van der Waals surface area contributed by atoms with Gasteiger partial charge >= 0.3 is 0 Å². The maximum Gasteiger partial charge on any atom is 0.240 e. The maximum atomic E-state index is 5.01. The van der Waals surface area contributed by atoms with Crippen LogP contribution in [0.3, 0.4) is 0 Å². The van der Waals surface area contributed by atoms with Crippen LogP contribution in [0.1, 0.15) is 30.2 Å². The SMILES string of the molecule is Cc1noc(CNC(C)c2cnn(C)c2)n1. The number of nitrogens with one attached hydrogen (secondary N) is 1. The van der Waals surface area contributed by atoms with Crippen molar-refractivity contribution in [3.63, 3.8) is 0 Å². The Morgan fingerprint density at radius 3 is 2.94 bits per heavy atom. The highest BCUT2D eigenvalue weighted by molar-refractivity contribution is 5.08. The van der Waals surface area contributed by atoms with Crippen LogP contribution in [-0.4, -0.2) is 19.9 Å². The topological polar surface area (TPSA) is 68.8 Å². The Bertz CT molecular complexity index is 461. The van der Waals surface area contributed by atoms with Crippen molar-refractivity contribution in [2.45, 2.75) is 26.4 Å². The van der Waals surface area contributed by atoms with Gasteiger partial charge in [0.05, 0.1) is 12.7 Å². The van der Waals surface area contributed by atoms with E-state index in [-0.39, 0.29) is 6.04 Å². The highest BCUT2D eigenvalue weighted by Gasteiger charge is 2.09. The van der Waals surface area contributed by atoms with Gasteiger partial charge in [0.15, 0.2) is 5.82 Å². The number of rotatable bonds is 4. The Morgan fingerprint density at radius 1 is 1.56 bits per heavy atom. The summed E-state index contributed by atoms with van der Waals surface area (Å²) in [6.07, 6.45) is 3.83. The summed E-state index contributed by atoms with van der Waals surface area (Å²) in [6, 6.07) is 0.209. The highest BCUT2D eigenvalue weighted by atomic mass is 16.5. The first-order valence-electron chi connectivity index (χ1n) is 5.16. The van der Waals surface area contributed by atoms with E-state index in [1.165, 1.54) is 0 Å². The molecule has 0 aliphatic carbocycles. The lowest BCUT2D eigenvalue weighted by molar-refractivity contribution is 0.357. The first kappa shape index (κ1) is 10.8. The van der Waals surface area contributed by atoms with Crippen LogP contribution < -0.4 is 5.32 Å². The first-order chi connectivity index (χ1) is 7.65. The summed E-state index contributed by atoms with van der Waals surface area (Å²) < 4.78 is 6.79. The monoisotopic (exact) mass is 221 g/mol. The van der Waals surface area contributed by atoms with Crippen LogP contribution in [0.4, 0.5) is 0 Å². The van der Waals surface area contributed by atoms with Crippen LogP contribution in [0.2, 0.25) is 0 Å². The van der Waals surface area contributed by atoms with Gasteiger partial charge in [0.2, 0.25) is 5.89 Å². The van der Waals surface area contributed by atoms with Gasteiger partial charge in [-0.1, -0.05) is 5.16 Å². The molecule has 0 saturated heterocycles. The number of hydrogen-bond acceptors (Lipinski definition) is 5. The molecule has 0 aliphatic rings. The molecule has 2 heterocycles. The van der Waals surface area contributed by atoms with E-state index in [1.807, 2.05) is 19.4 Å². The molecular formula is C10H15N5O. The van der Waals surface area contributed by atoms with Gasteiger partial charge in [-0.25, -0.2) is 0 Å². The summed E-state index contributed by atoms with van der Waals surface area (Å²) in [5.74, 6) is 1.26. The van der Waals surface area contributed by atoms with Gasteiger partial charge in [0.1, 0.15) is 0 Å². The molecule has 1 atom stereocenters. The molecule has 16 heavy (non-hydrogen) atoms. The molecule has 6 nitrogen and oxygen atoms in total. The summed E-state index contributed by atoms with van der Waals surface area (Å²) >= 11 is 0. The van der Waals surface area contributed by atoms with Crippen LogP contribution in [0, 0.1) is 6.92 Å². The quantitative estimate of drug-likeness (QED) is 0.832. The molecule has 0 saturated carbocycles. The zero-order valence-corrected chi connectivity index (χ0v) is 9.64. The number of aromatic nitrogens is 4. The van der Waals surface area contributed by atoms with Crippen molar-refractivity contribution in [2.24, 2.45) is 7.05 Å². The Balaban J connectivity index is 1.91. The van der Waals surface area contributed by atoms with Gasteiger partial charge in [0, 0.05) is 24.8 Å². The van der Waals surface area contributed by atoms with E-state index in [0.29, 0.717) is 18.3 Å². The van der Waals surface area contributed by atoms with E-state index in [2.05, 4.69) is 27.5 Å². The third kappa shape index (κ3) is 2.46. The minimum Gasteiger partial charge on any atom is -0.338 e. The zero-order valence-electron chi connectivity index (χ0n) is 9.64. The lowest BCUT2D eigenvalue weighted by Gasteiger charge is -2.09. The van der Waals surface area contributed by atoms with Gasteiger partial charge in [-0.05, 0) is 13.8 Å². The molecule has 0 aliphatic heterocycles. The van der Waals surface area contributed by atoms with Crippen molar-refractivity contribution in [2.75, 3.05) is 0 Å². The second-order valence-electron chi connectivity index (χ2n) is 3.79. The number of nitrogens with zero attached hydrogens (tertiary/aromatic N) is 4. The van der Waals surface area contributed by atoms with Crippen molar-refractivity contribution < 1.29 is 4.52 Å².